The van der Waals surface area contributed by atoms with Crippen LogP contribution in [0.1, 0.15) is 6.42 Å². The predicted octanol–water partition coefficient (Wildman–Crippen LogP) is 1.58. The van der Waals surface area contributed by atoms with Crippen LogP contribution in [-0.4, -0.2) is 38.0 Å². The number of pyridine rings is 1. The molecule has 5 nitrogen and oxygen atoms in total. The van der Waals surface area contributed by atoms with E-state index in [4.69, 9.17) is 5.73 Å². The topological polar surface area (TPSA) is 76.3 Å². The van der Waals surface area contributed by atoms with Crippen molar-refractivity contribution in [3.8, 4) is 0 Å². The van der Waals surface area contributed by atoms with E-state index >= 15 is 0 Å². The molecule has 0 spiro atoms. The van der Waals surface area contributed by atoms with Gasteiger partial charge in [-0.25, -0.2) is 12.8 Å². The number of nitrogens with two attached hydrogens (primary N) is 1. The molecule has 1 saturated heterocycles. The van der Waals surface area contributed by atoms with Gasteiger partial charge in [-0.15, -0.1) is 0 Å². The van der Waals surface area contributed by atoms with Crippen molar-refractivity contribution in [1.82, 2.24) is 4.98 Å². The molecule has 2 aromatic rings. The monoisotopic (exact) mass is 309 g/mol. The van der Waals surface area contributed by atoms with E-state index in [0.717, 1.165) is 0 Å². The van der Waals surface area contributed by atoms with Gasteiger partial charge < -0.3 is 10.6 Å². The number of hydrogen-bond acceptors (Lipinski definition) is 5. The van der Waals surface area contributed by atoms with E-state index in [9.17, 15) is 12.8 Å². The first-order chi connectivity index (χ1) is 9.89. The normalized spacial score (nSPS) is 20.8. The minimum atomic E-state index is -3.03. The molecule has 1 atom stereocenters. The Hall–Kier alpha value is -1.89. The SMILES string of the molecule is CN(c1c(F)cc(N)c2cccnc12)C1CCS(=O)(=O)C1. The molecule has 0 saturated carbocycles. The van der Waals surface area contributed by atoms with Gasteiger partial charge in [0, 0.05) is 30.4 Å². The van der Waals surface area contributed by atoms with E-state index in [1.54, 1.807) is 30.3 Å². The molecule has 1 unspecified atom stereocenters. The van der Waals surface area contributed by atoms with Crippen LogP contribution in [0.5, 0.6) is 0 Å². The van der Waals surface area contributed by atoms with Gasteiger partial charge in [-0.2, -0.15) is 0 Å². The Labute approximate surface area is 122 Å². The third kappa shape index (κ3) is 2.42. The summed E-state index contributed by atoms with van der Waals surface area (Å²) in [6.45, 7) is 0. The number of sulfone groups is 1. The van der Waals surface area contributed by atoms with Crippen LogP contribution in [0.2, 0.25) is 0 Å². The number of fused-ring (bicyclic) bond motifs is 1. The molecule has 1 aromatic heterocycles. The van der Waals surface area contributed by atoms with Crippen molar-refractivity contribution >= 4 is 32.1 Å². The molecular formula is C14H16FN3O2S. The summed E-state index contributed by atoms with van der Waals surface area (Å²) in [5.74, 6) is -0.295. The fourth-order valence-electron chi connectivity index (χ4n) is 2.82. The Kier molecular flexibility index (Phi) is 3.24. The van der Waals surface area contributed by atoms with Crippen molar-refractivity contribution in [3.05, 3.63) is 30.2 Å². The van der Waals surface area contributed by atoms with Crippen molar-refractivity contribution in [2.45, 2.75) is 12.5 Å². The molecule has 3 rings (SSSR count). The van der Waals surface area contributed by atoms with Crippen LogP contribution in [0.4, 0.5) is 15.8 Å². The number of hydrogen-bond donors (Lipinski definition) is 1. The Bertz CT molecular complexity index is 807. The number of anilines is 2. The first-order valence-electron chi connectivity index (χ1n) is 6.65. The van der Waals surface area contributed by atoms with Gasteiger partial charge in [0.15, 0.2) is 15.7 Å². The summed E-state index contributed by atoms with van der Waals surface area (Å²) < 4.78 is 37.6. The second kappa shape index (κ2) is 4.84. The largest absolute Gasteiger partial charge is 0.398 e. The van der Waals surface area contributed by atoms with E-state index in [1.165, 1.54) is 6.07 Å². The van der Waals surface area contributed by atoms with Crippen LogP contribution in [0, 0.1) is 5.82 Å². The molecule has 1 fully saturated rings. The molecule has 0 bridgehead atoms. The van der Waals surface area contributed by atoms with Crippen LogP contribution in [0.3, 0.4) is 0 Å². The summed E-state index contributed by atoms with van der Waals surface area (Å²) in [5.41, 5.74) is 6.92. The van der Waals surface area contributed by atoms with Gasteiger partial charge in [0.1, 0.15) is 0 Å². The average Bonchev–Trinajstić information content (AvgIpc) is 2.79. The summed E-state index contributed by atoms with van der Waals surface area (Å²) in [4.78, 5) is 5.90. The number of nitrogens with zero attached hydrogens (tertiary/aromatic N) is 2. The highest BCUT2D eigenvalue weighted by Gasteiger charge is 2.32. The van der Waals surface area contributed by atoms with Gasteiger partial charge in [0.2, 0.25) is 0 Å². The van der Waals surface area contributed by atoms with E-state index in [1.807, 2.05) is 0 Å². The second-order valence-corrected chi connectivity index (χ2v) is 7.59. The molecule has 112 valence electrons. The molecule has 2 heterocycles. The van der Waals surface area contributed by atoms with Crippen LogP contribution < -0.4 is 10.6 Å². The molecular weight excluding hydrogens is 293 g/mol. The highest BCUT2D eigenvalue weighted by molar-refractivity contribution is 7.91. The second-order valence-electron chi connectivity index (χ2n) is 5.36. The van der Waals surface area contributed by atoms with E-state index in [0.29, 0.717) is 28.7 Å². The molecule has 7 heteroatoms. The van der Waals surface area contributed by atoms with Gasteiger partial charge in [-0.3, -0.25) is 4.98 Å². The minimum absolute atomic E-state index is 0.0433. The molecule has 2 N–H and O–H groups in total. The zero-order valence-corrected chi connectivity index (χ0v) is 12.4. The van der Waals surface area contributed by atoms with Crippen molar-refractivity contribution in [1.29, 1.82) is 0 Å². The molecule has 21 heavy (non-hydrogen) atoms. The first kappa shape index (κ1) is 14.1. The van der Waals surface area contributed by atoms with Gasteiger partial charge in [-0.1, -0.05) is 0 Å². The lowest BCUT2D eigenvalue weighted by molar-refractivity contribution is 0.597. The smallest absolute Gasteiger partial charge is 0.152 e. The Morgan fingerprint density at radius 3 is 2.90 bits per heavy atom. The first-order valence-corrected chi connectivity index (χ1v) is 8.47. The Balaban J connectivity index is 2.12. The maximum atomic E-state index is 14.4. The highest BCUT2D eigenvalue weighted by atomic mass is 32.2. The summed E-state index contributed by atoms with van der Waals surface area (Å²) in [6, 6.07) is 4.54. The van der Waals surface area contributed by atoms with Crippen molar-refractivity contribution in [3.63, 3.8) is 0 Å². The standard InChI is InChI=1S/C14H16FN3O2S/c1-18(9-4-6-21(19,20)8-9)14-11(15)7-12(16)10-3-2-5-17-13(10)14/h2-3,5,7,9H,4,6,8,16H2,1H3. The van der Waals surface area contributed by atoms with Gasteiger partial charge >= 0.3 is 0 Å². The number of benzene rings is 1. The zero-order valence-electron chi connectivity index (χ0n) is 11.6. The van der Waals surface area contributed by atoms with E-state index in [-0.39, 0.29) is 17.5 Å². The molecule has 1 aliphatic heterocycles. The van der Waals surface area contributed by atoms with Crippen LogP contribution in [0.15, 0.2) is 24.4 Å². The van der Waals surface area contributed by atoms with Crippen molar-refractivity contribution < 1.29 is 12.8 Å². The van der Waals surface area contributed by atoms with Gasteiger partial charge in [-0.05, 0) is 24.6 Å². The quantitative estimate of drug-likeness (QED) is 0.852. The van der Waals surface area contributed by atoms with Gasteiger partial charge in [0.25, 0.3) is 0 Å². The summed E-state index contributed by atoms with van der Waals surface area (Å²) in [6.07, 6.45) is 2.07. The maximum Gasteiger partial charge on any atom is 0.152 e. The Morgan fingerprint density at radius 1 is 1.48 bits per heavy atom. The third-order valence-corrected chi connectivity index (χ3v) is 5.71. The number of rotatable bonds is 2. The lowest BCUT2D eigenvalue weighted by Crippen LogP contribution is -2.33. The fraction of sp³-hybridized carbons (Fsp3) is 0.357. The lowest BCUT2D eigenvalue weighted by Gasteiger charge is -2.27. The molecule has 1 aliphatic rings. The van der Waals surface area contributed by atoms with Crippen molar-refractivity contribution in [2.24, 2.45) is 0 Å². The maximum absolute atomic E-state index is 14.4. The van der Waals surface area contributed by atoms with Crippen LogP contribution in [0.25, 0.3) is 10.9 Å². The number of nitrogen functional groups attached to an aromatic ring is 1. The molecule has 0 aliphatic carbocycles. The molecule has 1 aromatic carbocycles. The van der Waals surface area contributed by atoms with E-state index < -0.39 is 15.7 Å². The zero-order chi connectivity index (χ0) is 15.2. The lowest BCUT2D eigenvalue weighted by atomic mass is 10.1. The van der Waals surface area contributed by atoms with Crippen molar-refractivity contribution in [2.75, 3.05) is 29.2 Å². The number of halogens is 1. The molecule has 0 radical (unpaired) electrons. The minimum Gasteiger partial charge on any atom is -0.398 e. The van der Waals surface area contributed by atoms with Gasteiger partial charge in [0.05, 0.1) is 22.7 Å². The number of aromatic nitrogens is 1. The summed E-state index contributed by atoms with van der Waals surface area (Å²) in [5, 5.41) is 0.668. The average molecular weight is 309 g/mol. The summed E-state index contributed by atoms with van der Waals surface area (Å²) in [7, 11) is -1.33. The van der Waals surface area contributed by atoms with Crippen LogP contribution in [-0.2, 0) is 9.84 Å². The predicted molar refractivity (Wildman–Crippen MR) is 81.6 cm³/mol. The fourth-order valence-corrected chi connectivity index (χ4v) is 4.60. The van der Waals surface area contributed by atoms with Crippen LogP contribution >= 0.6 is 0 Å². The molecule has 0 amide bonds. The Morgan fingerprint density at radius 2 is 2.24 bits per heavy atom. The summed E-state index contributed by atoms with van der Waals surface area (Å²) >= 11 is 0. The van der Waals surface area contributed by atoms with E-state index in [2.05, 4.69) is 4.98 Å². The third-order valence-electron chi connectivity index (χ3n) is 3.96. The highest BCUT2D eigenvalue weighted by Crippen LogP contribution is 2.34.